The number of aryl methyl sites for hydroxylation is 1. The molecule has 3 amide bonds. The first kappa shape index (κ1) is 33.2. The Kier molecular flexibility index (Phi) is 8.65. The van der Waals surface area contributed by atoms with Crippen molar-refractivity contribution in [3.05, 3.63) is 81.6 Å². The molecule has 252 valence electrons. The predicted octanol–water partition coefficient (Wildman–Crippen LogP) is 0.740. The van der Waals surface area contributed by atoms with Crippen molar-refractivity contribution in [3.63, 3.8) is 0 Å². The smallest absolute Gasteiger partial charge is 0.353 e. The van der Waals surface area contributed by atoms with E-state index in [-0.39, 0.29) is 39.4 Å². The number of phenolic OH excluding ortho intramolecular Hbond substituents is 1. The Morgan fingerprint density at radius 3 is 2.51 bits per heavy atom. The number of thiocarbonyl (C=S) groups is 1. The van der Waals surface area contributed by atoms with Crippen LogP contribution in [0.25, 0.3) is 16.5 Å². The summed E-state index contributed by atoms with van der Waals surface area (Å²) in [6.45, 7) is 0. The van der Waals surface area contributed by atoms with E-state index in [4.69, 9.17) is 26.1 Å². The lowest BCUT2D eigenvalue weighted by atomic mass is 9.91. The number of rotatable bonds is 10. The van der Waals surface area contributed by atoms with E-state index in [0.717, 1.165) is 33.0 Å². The Hall–Kier alpha value is -5.66. The van der Waals surface area contributed by atoms with Crippen LogP contribution in [-0.4, -0.2) is 94.9 Å². The molecule has 4 atom stereocenters. The number of nitrogens with one attached hydrogen (secondary N) is 2. The number of carbonyl (C=O) groups is 4. The zero-order chi connectivity index (χ0) is 35.2. The van der Waals surface area contributed by atoms with Gasteiger partial charge in [0.05, 0.1) is 12.7 Å². The largest absolute Gasteiger partial charge is 0.508 e. The average molecular weight is 708 g/mol. The summed E-state index contributed by atoms with van der Waals surface area (Å²) in [5, 5.41) is 35.6. The molecule has 2 unspecified atom stereocenters. The zero-order valence-electron chi connectivity index (χ0n) is 25.6. The van der Waals surface area contributed by atoms with Crippen molar-refractivity contribution >= 4 is 69.6 Å². The lowest BCUT2D eigenvalue weighted by Gasteiger charge is -2.55. The third kappa shape index (κ3) is 5.36. The molecule has 19 heteroatoms. The van der Waals surface area contributed by atoms with Gasteiger partial charge in [-0.2, -0.15) is 0 Å². The number of aromatic nitrogens is 4. The summed E-state index contributed by atoms with van der Waals surface area (Å²) in [6.07, 6.45) is 0.959. The van der Waals surface area contributed by atoms with Crippen LogP contribution in [0.15, 0.2) is 63.6 Å². The summed E-state index contributed by atoms with van der Waals surface area (Å²) in [4.78, 5) is 68.3. The Labute approximate surface area is 284 Å². The number of thioether (sulfide) groups is 1. The first-order valence-corrected chi connectivity index (χ1v) is 15.6. The number of fused-ring (bicyclic) bond motifs is 2. The maximum Gasteiger partial charge on any atom is 0.353 e. The van der Waals surface area contributed by atoms with Crippen molar-refractivity contribution in [1.82, 2.24) is 35.7 Å². The number of carboxylic acids is 1. The standard InChI is InChI=1S/C30H25N7O10S2/c1-36-23(33-34-35-36)19-21(27(42)43)37-28(44)30(12-48,46-3)29(37)49-26(19)32-25(41)20(13-7-9-14(38)10-8-13)31-24(40)15-11-47-17-6-4-5-16(45-2)18(17)22(15)39/h4-12,20,26,29,38H,1-3H3,(H,31,40)(H,32,41)(H,42,43)/t20?,26?,29-,30-/m0/s1. The summed E-state index contributed by atoms with van der Waals surface area (Å²) >= 11 is 6.03. The van der Waals surface area contributed by atoms with Gasteiger partial charge in [-0.15, -0.1) is 16.9 Å². The molecule has 0 saturated carbocycles. The number of carboxylic acid groups (broad SMARTS) is 1. The first-order chi connectivity index (χ1) is 23.5. The van der Waals surface area contributed by atoms with Crippen LogP contribution in [0.1, 0.15) is 27.8 Å². The molecule has 4 aromatic rings. The molecule has 2 aliphatic rings. The fraction of sp³-hybridized carbons (Fsp3) is 0.233. The second-order valence-electron chi connectivity index (χ2n) is 10.7. The Balaban J connectivity index is 1.42. The summed E-state index contributed by atoms with van der Waals surface area (Å²) in [6, 6.07) is 8.46. The second kappa shape index (κ2) is 12.7. The highest BCUT2D eigenvalue weighted by Crippen LogP contribution is 2.51. The van der Waals surface area contributed by atoms with E-state index >= 15 is 0 Å². The van der Waals surface area contributed by atoms with Crippen LogP contribution in [0.2, 0.25) is 0 Å². The lowest BCUT2D eigenvalue weighted by Crippen LogP contribution is -2.76. The number of aliphatic carboxylic acids is 1. The summed E-state index contributed by atoms with van der Waals surface area (Å²) < 4.78 is 17.4. The molecule has 2 aliphatic heterocycles. The van der Waals surface area contributed by atoms with Gasteiger partial charge in [-0.25, -0.2) is 9.48 Å². The molecule has 4 N–H and O–H groups in total. The topological polar surface area (TPSA) is 228 Å². The fourth-order valence-corrected chi connectivity index (χ4v) is 7.56. The molecule has 17 nitrogen and oxygen atoms in total. The SMILES string of the molecule is COc1cccc2occ(C(=O)NC(C(=O)NC3S[C@@H]4N(C(=O)[C@]4(C=S)OC)C(C(=O)O)=C3c3nnnn3C)c3ccc(O)cc3)c(=O)c12. The molecule has 6 rings (SSSR count). The number of methoxy groups -OCH3 is 2. The van der Waals surface area contributed by atoms with E-state index in [0.29, 0.717) is 0 Å². The molecule has 2 aromatic heterocycles. The van der Waals surface area contributed by atoms with E-state index in [1.165, 1.54) is 57.7 Å². The highest BCUT2D eigenvalue weighted by atomic mass is 32.2. The number of hydrogen-bond acceptors (Lipinski definition) is 14. The van der Waals surface area contributed by atoms with E-state index < -0.39 is 62.8 Å². The summed E-state index contributed by atoms with van der Waals surface area (Å²) in [5.41, 5.74) is -3.15. The average Bonchev–Trinajstić information content (AvgIpc) is 3.52. The monoisotopic (exact) mass is 707 g/mol. The fourth-order valence-electron chi connectivity index (χ4n) is 5.57. The van der Waals surface area contributed by atoms with Gasteiger partial charge >= 0.3 is 5.97 Å². The van der Waals surface area contributed by atoms with Gasteiger partial charge in [-0.3, -0.25) is 24.1 Å². The van der Waals surface area contributed by atoms with E-state index in [9.17, 15) is 34.2 Å². The maximum atomic E-state index is 14.2. The van der Waals surface area contributed by atoms with Gasteiger partial charge in [0.25, 0.3) is 11.8 Å². The molecular weight excluding hydrogens is 683 g/mol. The van der Waals surface area contributed by atoms with Crippen LogP contribution in [0.3, 0.4) is 0 Å². The molecule has 0 radical (unpaired) electrons. The van der Waals surface area contributed by atoms with Gasteiger partial charge in [0.2, 0.25) is 16.9 Å². The third-order valence-electron chi connectivity index (χ3n) is 8.02. The van der Waals surface area contributed by atoms with Gasteiger partial charge in [-0.05, 0) is 40.3 Å². The number of tetrazole rings is 1. The van der Waals surface area contributed by atoms with Crippen LogP contribution < -0.4 is 20.8 Å². The van der Waals surface area contributed by atoms with Crippen LogP contribution in [0.4, 0.5) is 0 Å². The van der Waals surface area contributed by atoms with Gasteiger partial charge in [-0.1, -0.05) is 30.4 Å². The minimum absolute atomic E-state index is 0.00919. The van der Waals surface area contributed by atoms with Crippen molar-refractivity contribution in [1.29, 1.82) is 0 Å². The number of carbonyl (C=O) groups excluding carboxylic acids is 3. The number of β-lactam (4-membered cyclic amide) rings is 1. The number of nitrogens with zero attached hydrogens (tertiary/aromatic N) is 5. The summed E-state index contributed by atoms with van der Waals surface area (Å²) in [7, 11) is 4.04. The highest BCUT2D eigenvalue weighted by Gasteiger charge is 2.66. The van der Waals surface area contributed by atoms with Crippen molar-refractivity contribution in [2.24, 2.45) is 7.05 Å². The van der Waals surface area contributed by atoms with E-state index in [2.05, 4.69) is 26.2 Å². The number of ether oxygens (including phenoxy) is 2. The maximum absolute atomic E-state index is 14.2. The minimum Gasteiger partial charge on any atom is -0.508 e. The number of benzene rings is 2. The van der Waals surface area contributed by atoms with Crippen LogP contribution in [0.5, 0.6) is 11.5 Å². The van der Waals surface area contributed by atoms with Crippen molar-refractivity contribution in [2.75, 3.05) is 14.2 Å². The normalized spacial score (nSPS) is 20.6. The molecule has 0 spiro atoms. The molecule has 0 aliphatic carbocycles. The molecular formula is C30H25N7O10S2. The van der Waals surface area contributed by atoms with Gasteiger partial charge in [0, 0.05) is 19.5 Å². The molecule has 1 saturated heterocycles. The first-order valence-electron chi connectivity index (χ1n) is 14.2. The summed E-state index contributed by atoms with van der Waals surface area (Å²) in [5.74, 6) is -4.16. The number of amides is 3. The van der Waals surface area contributed by atoms with Crippen LogP contribution >= 0.6 is 24.0 Å². The van der Waals surface area contributed by atoms with Crippen molar-refractivity contribution in [3.8, 4) is 11.5 Å². The Morgan fingerprint density at radius 1 is 1.16 bits per heavy atom. The molecule has 0 bridgehead atoms. The predicted molar refractivity (Wildman–Crippen MR) is 174 cm³/mol. The molecule has 1 fully saturated rings. The van der Waals surface area contributed by atoms with E-state index in [1.54, 1.807) is 6.07 Å². The number of phenols is 1. The van der Waals surface area contributed by atoms with Gasteiger partial charge < -0.3 is 34.7 Å². The Morgan fingerprint density at radius 2 is 1.90 bits per heavy atom. The molecule has 49 heavy (non-hydrogen) atoms. The van der Waals surface area contributed by atoms with Crippen molar-refractivity contribution in [2.45, 2.75) is 22.4 Å². The third-order valence-corrected chi connectivity index (χ3v) is 9.81. The molecule has 2 aromatic carbocycles. The Bertz CT molecular complexity index is 2130. The van der Waals surface area contributed by atoms with Crippen LogP contribution in [0, 0.1) is 0 Å². The van der Waals surface area contributed by atoms with E-state index in [1.807, 2.05) is 0 Å². The van der Waals surface area contributed by atoms with Gasteiger partial charge in [0.15, 0.2) is 5.82 Å². The zero-order valence-corrected chi connectivity index (χ0v) is 27.3. The molecule has 4 heterocycles. The van der Waals surface area contributed by atoms with Crippen molar-refractivity contribution < 1.29 is 43.3 Å². The van der Waals surface area contributed by atoms with Gasteiger partial charge in [0.1, 0.15) is 56.8 Å². The highest BCUT2D eigenvalue weighted by molar-refractivity contribution is 8.01. The lowest BCUT2D eigenvalue weighted by molar-refractivity contribution is -0.169. The minimum atomic E-state index is -1.69. The number of aromatic hydroxyl groups is 1. The second-order valence-corrected chi connectivity index (χ2v) is 12.1. The van der Waals surface area contributed by atoms with Crippen LogP contribution in [-0.2, 0) is 26.2 Å². The number of hydrogen-bond donors (Lipinski definition) is 4. The quantitative estimate of drug-likeness (QED) is 0.132.